The molecular formula is C14H18N4O. The van der Waals surface area contributed by atoms with E-state index in [1.54, 1.807) is 11.6 Å². The third-order valence-electron chi connectivity index (χ3n) is 2.91. The van der Waals surface area contributed by atoms with Gasteiger partial charge in [-0.15, -0.1) is 0 Å². The zero-order valence-corrected chi connectivity index (χ0v) is 10.9. The molecule has 1 aromatic heterocycles. The first-order chi connectivity index (χ1) is 9.20. The smallest absolute Gasteiger partial charge is 0.224 e. The van der Waals surface area contributed by atoms with Crippen LogP contribution < -0.4 is 11.1 Å². The Labute approximate surface area is 112 Å². The Morgan fingerprint density at radius 1 is 1.37 bits per heavy atom. The topological polar surface area (TPSA) is 72.9 Å². The van der Waals surface area contributed by atoms with E-state index >= 15 is 0 Å². The molecule has 1 heterocycles. The lowest BCUT2D eigenvalue weighted by molar-refractivity contribution is -0.124. The summed E-state index contributed by atoms with van der Waals surface area (Å²) in [7, 11) is 0. The summed E-state index contributed by atoms with van der Waals surface area (Å²) in [5, 5.41) is 7.23. The van der Waals surface area contributed by atoms with E-state index < -0.39 is 0 Å². The highest BCUT2D eigenvalue weighted by molar-refractivity contribution is 5.78. The number of nitrogens with one attached hydrogen (secondary N) is 1. The zero-order chi connectivity index (χ0) is 13.7. The summed E-state index contributed by atoms with van der Waals surface area (Å²) in [4.78, 5) is 11.6. The van der Waals surface area contributed by atoms with Crippen molar-refractivity contribution in [1.82, 2.24) is 15.1 Å². The molecule has 0 aliphatic carbocycles. The zero-order valence-electron chi connectivity index (χ0n) is 10.9. The number of nitrogens with two attached hydrogens (primary N) is 1. The van der Waals surface area contributed by atoms with Gasteiger partial charge < -0.3 is 11.1 Å². The van der Waals surface area contributed by atoms with Crippen molar-refractivity contribution >= 4 is 5.91 Å². The van der Waals surface area contributed by atoms with Crippen LogP contribution in [0.1, 0.15) is 12.6 Å². The standard InChI is InChI=1S/C14H18N4O/c1-11(9-15)14(19)16-10-12-7-8-18(17-12)13-5-3-2-4-6-13/h2-8,11H,9-10,15H2,1H3,(H,16,19). The van der Waals surface area contributed by atoms with Crippen molar-refractivity contribution in [2.24, 2.45) is 11.7 Å². The number of amides is 1. The maximum atomic E-state index is 11.6. The van der Waals surface area contributed by atoms with Crippen LogP contribution in [0, 0.1) is 5.92 Å². The molecule has 1 aromatic carbocycles. The van der Waals surface area contributed by atoms with Gasteiger partial charge in [-0.3, -0.25) is 4.79 Å². The molecule has 0 spiro atoms. The van der Waals surface area contributed by atoms with Crippen LogP contribution in [0.2, 0.25) is 0 Å². The van der Waals surface area contributed by atoms with E-state index in [-0.39, 0.29) is 11.8 Å². The number of aromatic nitrogens is 2. The molecular weight excluding hydrogens is 240 g/mol. The van der Waals surface area contributed by atoms with Gasteiger partial charge in [-0.2, -0.15) is 5.10 Å². The second kappa shape index (κ2) is 6.15. The molecule has 1 unspecified atom stereocenters. The molecule has 0 fully saturated rings. The Morgan fingerprint density at radius 3 is 2.79 bits per heavy atom. The fourth-order valence-corrected chi connectivity index (χ4v) is 1.64. The lowest BCUT2D eigenvalue weighted by Crippen LogP contribution is -2.32. The lowest BCUT2D eigenvalue weighted by atomic mass is 10.2. The van der Waals surface area contributed by atoms with Gasteiger partial charge in [-0.1, -0.05) is 25.1 Å². The largest absolute Gasteiger partial charge is 0.350 e. The highest BCUT2D eigenvalue weighted by atomic mass is 16.1. The molecule has 2 aromatic rings. The van der Waals surface area contributed by atoms with E-state index in [4.69, 9.17) is 5.73 Å². The van der Waals surface area contributed by atoms with Crippen molar-refractivity contribution in [2.45, 2.75) is 13.5 Å². The maximum Gasteiger partial charge on any atom is 0.224 e. The summed E-state index contributed by atoms with van der Waals surface area (Å²) in [5.41, 5.74) is 7.26. The fraction of sp³-hybridized carbons (Fsp3) is 0.286. The predicted octanol–water partition coefficient (Wildman–Crippen LogP) is 1.08. The first-order valence-electron chi connectivity index (χ1n) is 6.28. The Kier molecular flexibility index (Phi) is 4.30. The minimum Gasteiger partial charge on any atom is -0.350 e. The van der Waals surface area contributed by atoms with Gasteiger partial charge >= 0.3 is 0 Å². The molecule has 1 atom stereocenters. The number of nitrogens with zero attached hydrogens (tertiary/aromatic N) is 2. The van der Waals surface area contributed by atoms with Crippen molar-refractivity contribution in [3.05, 3.63) is 48.3 Å². The Bertz CT molecular complexity index is 535. The highest BCUT2D eigenvalue weighted by Crippen LogP contribution is 2.06. The van der Waals surface area contributed by atoms with Crippen molar-refractivity contribution in [3.8, 4) is 5.69 Å². The summed E-state index contributed by atoms with van der Waals surface area (Å²) >= 11 is 0. The number of carbonyl (C=O) groups is 1. The fourth-order valence-electron chi connectivity index (χ4n) is 1.64. The monoisotopic (exact) mass is 258 g/mol. The number of para-hydroxylation sites is 1. The van der Waals surface area contributed by atoms with E-state index in [9.17, 15) is 4.79 Å². The van der Waals surface area contributed by atoms with Crippen LogP contribution in [0.3, 0.4) is 0 Å². The van der Waals surface area contributed by atoms with Crippen molar-refractivity contribution in [1.29, 1.82) is 0 Å². The molecule has 19 heavy (non-hydrogen) atoms. The summed E-state index contributed by atoms with van der Waals surface area (Å²) < 4.78 is 1.79. The first-order valence-corrected chi connectivity index (χ1v) is 6.28. The van der Waals surface area contributed by atoms with Crippen molar-refractivity contribution < 1.29 is 4.79 Å². The van der Waals surface area contributed by atoms with Gasteiger partial charge in [0.05, 0.1) is 17.9 Å². The second-order valence-corrected chi connectivity index (χ2v) is 4.44. The first kappa shape index (κ1) is 13.3. The molecule has 1 amide bonds. The summed E-state index contributed by atoms with van der Waals surface area (Å²) in [6.07, 6.45) is 1.88. The molecule has 0 saturated carbocycles. The molecule has 0 radical (unpaired) electrons. The molecule has 100 valence electrons. The summed E-state index contributed by atoms with van der Waals surface area (Å²) in [5.74, 6) is -0.215. The Hall–Kier alpha value is -2.14. The van der Waals surface area contributed by atoms with Crippen LogP contribution in [-0.4, -0.2) is 22.2 Å². The summed E-state index contributed by atoms with van der Waals surface area (Å²) in [6.45, 7) is 2.57. The number of benzene rings is 1. The van der Waals surface area contributed by atoms with E-state index in [1.165, 1.54) is 0 Å². The molecule has 0 aliphatic heterocycles. The van der Waals surface area contributed by atoms with E-state index in [2.05, 4.69) is 10.4 Å². The van der Waals surface area contributed by atoms with E-state index in [0.29, 0.717) is 13.1 Å². The van der Waals surface area contributed by atoms with E-state index in [0.717, 1.165) is 11.4 Å². The number of rotatable bonds is 5. The van der Waals surface area contributed by atoms with Crippen LogP contribution >= 0.6 is 0 Å². The van der Waals surface area contributed by atoms with Crippen LogP contribution in [0.5, 0.6) is 0 Å². The molecule has 2 rings (SSSR count). The van der Waals surface area contributed by atoms with Gasteiger partial charge in [-0.25, -0.2) is 4.68 Å². The van der Waals surface area contributed by atoms with Crippen LogP contribution in [0.15, 0.2) is 42.6 Å². The quantitative estimate of drug-likeness (QED) is 0.843. The molecule has 0 bridgehead atoms. The Morgan fingerprint density at radius 2 is 2.11 bits per heavy atom. The molecule has 0 saturated heterocycles. The van der Waals surface area contributed by atoms with Crippen molar-refractivity contribution in [3.63, 3.8) is 0 Å². The molecule has 3 N–H and O–H groups in total. The number of hydrogen-bond donors (Lipinski definition) is 2. The lowest BCUT2D eigenvalue weighted by Gasteiger charge is -2.08. The predicted molar refractivity (Wildman–Crippen MR) is 73.6 cm³/mol. The van der Waals surface area contributed by atoms with Gasteiger partial charge in [0.1, 0.15) is 0 Å². The minimum atomic E-state index is -0.170. The van der Waals surface area contributed by atoms with Gasteiger partial charge in [-0.05, 0) is 18.2 Å². The molecule has 0 aliphatic rings. The Balaban J connectivity index is 1.97. The minimum absolute atomic E-state index is 0.0447. The van der Waals surface area contributed by atoms with Crippen LogP contribution in [0.25, 0.3) is 5.69 Å². The van der Waals surface area contributed by atoms with Gasteiger partial charge in [0.2, 0.25) is 5.91 Å². The van der Waals surface area contributed by atoms with Crippen LogP contribution in [0.4, 0.5) is 0 Å². The average molecular weight is 258 g/mol. The van der Waals surface area contributed by atoms with Gasteiger partial charge in [0.25, 0.3) is 0 Å². The number of hydrogen-bond acceptors (Lipinski definition) is 3. The second-order valence-electron chi connectivity index (χ2n) is 4.44. The molecule has 5 nitrogen and oxygen atoms in total. The third kappa shape index (κ3) is 3.42. The number of carbonyl (C=O) groups excluding carboxylic acids is 1. The van der Waals surface area contributed by atoms with Gasteiger partial charge in [0.15, 0.2) is 0 Å². The van der Waals surface area contributed by atoms with Crippen LogP contribution in [-0.2, 0) is 11.3 Å². The van der Waals surface area contributed by atoms with E-state index in [1.807, 2.05) is 42.6 Å². The SMILES string of the molecule is CC(CN)C(=O)NCc1ccn(-c2ccccc2)n1. The van der Waals surface area contributed by atoms with Crippen molar-refractivity contribution in [2.75, 3.05) is 6.54 Å². The molecule has 5 heteroatoms. The average Bonchev–Trinajstić information content (AvgIpc) is 2.93. The highest BCUT2D eigenvalue weighted by Gasteiger charge is 2.10. The maximum absolute atomic E-state index is 11.6. The van der Waals surface area contributed by atoms with Gasteiger partial charge in [0, 0.05) is 18.7 Å². The summed E-state index contributed by atoms with van der Waals surface area (Å²) in [6, 6.07) is 11.7. The normalized spacial score (nSPS) is 12.1. The third-order valence-corrected chi connectivity index (χ3v) is 2.91.